The predicted octanol–water partition coefficient (Wildman–Crippen LogP) is 3.11. The summed E-state index contributed by atoms with van der Waals surface area (Å²) >= 11 is 0. The van der Waals surface area contributed by atoms with Crippen molar-refractivity contribution >= 4 is 34.2 Å². The first-order valence-corrected chi connectivity index (χ1v) is 8.10. The minimum absolute atomic E-state index is 0.413. The van der Waals surface area contributed by atoms with Crippen LogP contribution in [0.5, 0.6) is 5.75 Å². The van der Waals surface area contributed by atoms with Gasteiger partial charge in [0.2, 0.25) is 5.95 Å². The highest BCUT2D eigenvalue weighted by Crippen LogP contribution is 2.23. The van der Waals surface area contributed by atoms with E-state index >= 15 is 0 Å². The fraction of sp³-hybridized carbons (Fsp3) is 0.111. The van der Waals surface area contributed by atoms with Gasteiger partial charge in [0, 0.05) is 23.5 Å². The molecule has 0 aliphatic rings. The van der Waals surface area contributed by atoms with E-state index in [9.17, 15) is 4.79 Å². The fourth-order valence-corrected chi connectivity index (χ4v) is 2.52. The normalized spacial score (nSPS) is 10.7. The number of aromatic nitrogens is 4. The molecular weight excluding hydrogens is 348 g/mol. The third-order valence-electron chi connectivity index (χ3n) is 3.86. The Bertz CT molecular complexity index is 1170. The predicted molar refractivity (Wildman–Crippen MR) is 101 cm³/mol. The number of ether oxygens (including phenoxy) is 1. The van der Waals surface area contributed by atoms with Crippen LogP contribution >= 0.6 is 0 Å². The van der Waals surface area contributed by atoms with E-state index < -0.39 is 5.76 Å². The Labute approximate surface area is 153 Å². The minimum atomic E-state index is -0.487. The number of anilines is 4. The molecule has 0 aliphatic carbocycles. The van der Waals surface area contributed by atoms with Crippen molar-refractivity contribution in [2.75, 3.05) is 17.7 Å². The molecular formula is C18H16N6O3. The molecule has 136 valence electrons. The van der Waals surface area contributed by atoms with Gasteiger partial charge in [0.05, 0.1) is 30.7 Å². The summed E-state index contributed by atoms with van der Waals surface area (Å²) in [5, 5.41) is 6.32. The van der Waals surface area contributed by atoms with Gasteiger partial charge < -0.3 is 19.8 Å². The van der Waals surface area contributed by atoms with Crippen LogP contribution in [0.3, 0.4) is 0 Å². The van der Waals surface area contributed by atoms with E-state index in [0.29, 0.717) is 34.3 Å². The summed E-state index contributed by atoms with van der Waals surface area (Å²) in [5.41, 5.74) is 3.44. The van der Waals surface area contributed by atoms with Crippen LogP contribution in [0, 0.1) is 6.92 Å². The fourth-order valence-electron chi connectivity index (χ4n) is 2.52. The summed E-state index contributed by atoms with van der Waals surface area (Å²) in [6.45, 7) is 1.90. The van der Waals surface area contributed by atoms with E-state index in [2.05, 4.69) is 30.6 Å². The molecule has 9 heteroatoms. The number of pyridine rings is 1. The van der Waals surface area contributed by atoms with Crippen molar-refractivity contribution in [1.29, 1.82) is 0 Å². The molecule has 0 aliphatic heterocycles. The molecule has 27 heavy (non-hydrogen) atoms. The van der Waals surface area contributed by atoms with Gasteiger partial charge in [-0.25, -0.2) is 9.78 Å². The van der Waals surface area contributed by atoms with Crippen LogP contribution in [0.4, 0.5) is 23.1 Å². The maximum absolute atomic E-state index is 11.3. The molecule has 0 fully saturated rings. The number of benzene rings is 1. The lowest BCUT2D eigenvalue weighted by Crippen LogP contribution is -2.03. The van der Waals surface area contributed by atoms with Crippen molar-refractivity contribution < 1.29 is 9.15 Å². The number of rotatable bonds is 5. The Morgan fingerprint density at radius 2 is 2.00 bits per heavy atom. The van der Waals surface area contributed by atoms with Gasteiger partial charge in [0.1, 0.15) is 11.6 Å². The number of aromatic amines is 1. The van der Waals surface area contributed by atoms with Crippen molar-refractivity contribution in [3.8, 4) is 5.75 Å². The second kappa shape index (κ2) is 6.79. The van der Waals surface area contributed by atoms with Crippen molar-refractivity contribution in [3.05, 3.63) is 59.0 Å². The molecule has 3 aromatic heterocycles. The number of hydrogen-bond acceptors (Lipinski definition) is 8. The zero-order chi connectivity index (χ0) is 18.8. The van der Waals surface area contributed by atoms with Crippen LogP contribution < -0.4 is 21.1 Å². The number of oxazole rings is 1. The zero-order valence-electron chi connectivity index (χ0n) is 14.6. The third-order valence-corrected chi connectivity index (χ3v) is 3.86. The molecule has 3 heterocycles. The molecule has 0 radical (unpaired) electrons. The minimum Gasteiger partial charge on any atom is -0.495 e. The lowest BCUT2D eigenvalue weighted by Gasteiger charge is -2.11. The number of nitrogens with zero attached hydrogens (tertiary/aromatic N) is 3. The summed E-state index contributed by atoms with van der Waals surface area (Å²) in [6, 6.07) is 7.10. The van der Waals surface area contributed by atoms with E-state index in [1.807, 2.05) is 6.92 Å². The number of nitrogens with one attached hydrogen (secondary N) is 3. The van der Waals surface area contributed by atoms with E-state index in [4.69, 9.17) is 9.15 Å². The SMILES string of the molecule is COc1cncc(Nc2ncc(C)c(Nc3ccc4oc(=O)[nH]c4c3)n2)c1. The van der Waals surface area contributed by atoms with Crippen LogP contribution in [0.25, 0.3) is 11.1 Å². The highest BCUT2D eigenvalue weighted by atomic mass is 16.5. The van der Waals surface area contributed by atoms with Gasteiger partial charge in [-0.2, -0.15) is 4.98 Å². The number of fused-ring (bicyclic) bond motifs is 1. The Hall–Kier alpha value is -3.88. The topological polar surface area (TPSA) is 118 Å². The zero-order valence-corrected chi connectivity index (χ0v) is 14.6. The van der Waals surface area contributed by atoms with Gasteiger partial charge >= 0.3 is 5.76 Å². The van der Waals surface area contributed by atoms with E-state index in [1.54, 1.807) is 50.0 Å². The van der Waals surface area contributed by atoms with Crippen LogP contribution in [0.1, 0.15) is 5.56 Å². The van der Waals surface area contributed by atoms with Crippen LogP contribution in [-0.2, 0) is 0 Å². The van der Waals surface area contributed by atoms with Crippen molar-refractivity contribution in [3.63, 3.8) is 0 Å². The molecule has 1 aromatic carbocycles. The molecule has 4 rings (SSSR count). The van der Waals surface area contributed by atoms with Crippen LogP contribution in [0.2, 0.25) is 0 Å². The first kappa shape index (κ1) is 16.6. The molecule has 0 unspecified atom stereocenters. The summed E-state index contributed by atoms with van der Waals surface area (Å²) in [4.78, 5) is 26.8. The summed E-state index contributed by atoms with van der Waals surface area (Å²) < 4.78 is 10.2. The van der Waals surface area contributed by atoms with Gasteiger partial charge in [-0.05, 0) is 25.1 Å². The van der Waals surface area contributed by atoms with Crippen molar-refractivity contribution in [2.24, 2.45) is 0 Å². The van der Waals surface area contributed by atoms with Gasteiger partial charge in [0.15, 0.2) is 5.58 Å². The van der Waals surface area contributed by atoms with E-state index in [1.165, 1.54) is 0 Å². The number of H-pyrrole nitrogens is 1. The Morgan fingerprint density at radius 1 is 1.11 bits per heavy atom. The van der Waals surface area contributed by atoms with E-state index in [0.717, 1.165) is 11.3 Å². The van der Waals surface area contributed by atoms with Crippen LogP contribution in [-0.4, -0.2) is 27.0 Å². The van der Waals surface area contributed by atoms with Gasteiger partial charge in [-0.15, -0.1) is 0 Å². The molecule has 9 nitrogen and oxygen atoms in total. The lowest BCUT2D eigenvalue weighted by atomic mass is 10.2. The quantitative estimate of drug-likeness (QED) is 0.494. The molecule has 0 saturated carbocycles. The first-order valence-electron chi connectivity index (χ1n) is 8.10. The molecule has 0 saturated heterocycles. The van der Waals surface area contributed by atoms with Crippen molar-refractivity contribution in [2.45, 2.75) is 6.92 Å². The highest BCUT2D eigenvalue weighted by molar-refractivity contribution is 5.78. The molecule has 0 atom stereocenters. The summed E-state index contributed by atoms with van der Waals surface area (Å²) in [6.07, 6.45) is 4.98. The highest BCUT2D eigenvalue weighted by Gasteiger charge is 2.08. The summed E-state index contributed by atoms with van der Waals surface area (Å²) in [5.74, 6) is 1.19. The van der Waals surface area contributed by atoms with Gasteiger partial charge in [0.25, 0.3) is 0 Å². The Kier molecular flexibility index (Phi) is 4.17. The molecule has 0 amide bonds. The smallest absolute Gasteiger partial charge is 0.417 e. The average Bonchev–Trinajstić information content (AvgIpc) is 3.04. The molecule has 0 spiro atoms. The second-order valence-corrected chi connectivity index (χ2v) is 5.81. The summed E-state index contributed by atoms with van der Waals surface area (Å²) in [7, 11) is 1.58. The molecule has 3 N–H and O–H groups in total. The maximum Gasteiger partial charge on any atom is 0.417 e. The average molecular weight is 364 g/mol. The standard InChI is InChI=1S/C18H16N6O3/c1-10-7-20-17(22-12-5-13(26-2)9-19-8-12)24-16(10)21-11-3-4-15-14(6-11)23-18(25)27-15/h3-9H,1-2H3,(H,23,25)(H2,20,21,22,24). The third kappa shape index (κ3) is 3.56. The monoisotopic (exact) mass is 364 g/mol. The van der Waals surface area contributed by atoms with Crippen molar-refractivity contribution in [1.82, 2.24) is 19.9 Å². The largest absolute Gasteiger partial charge is 0.495 e. The molecule has 4 aromatic rings. The van der Waals surface area contributed by atoms with Crippen LogP contribution in [0.15, 0.2) is 52.1 Å². The second-order valence-electron chi connectivity index (χ2n) is 5.81. The first-order chi connectivity index (χ1) is 13.1. The van der Waals surface area contributed by atoms with Gasteiger partial charge in [-0.3, -0.25) is 9.97 Å². The van der Waals surface area contributed by atoms with Gasteiger partial charge in [-0.1, -0.05) is 0 Å². The lowest BCUT2D eigenvalue weighted by molar-refractivity contribution is 0.413. The number of aryl methyl sites for hydroxylation is 1. The molecule has 0 bridgehead atoms. The number of hydrogen-bond donors (Lipinski definition) is 3. The van der Waals surface area contributed by atoms with E-state index in [-0.39, 0.29) is 0 Å². The Balaban J connectivity index is 1.60. The maximum atomic E-state index is 11.3. The Morgan fingerprint density at radius 3 is 2.85 bits per heavy atom. The number of methoxy groups -OCH3 is 1.